The first-order valence-electron chi connectivity index (χ1n) is 10.7. The van der Waals surface area contributed by atoms with Crippen LogP contribution in [0.25, 0.3) is 16.3 Å². The number of anilines is 1. The quantitative estimate of drug-likeness (QED) is 0.274. The molecule has 9 heteroatoms. The highest BCUT2D eigenvalue weighted by atomic mass is 35.5. The molecule has 0 N–H and O–H groups in total. The zero-order chi connectivity index (χ0) is 24.9. The van der Waals surface area contributed by atoms with Gasteiger partial charge in [0.1, 0.15) is 0 Å². The second-order valence-corrected chi connectivity index (χ2v) is 9.01. The van der Waals surface area contributed by atoms with Crippen molar-refractivity contribution in [2.24, 2.45) is 0 Å². The third-order valence-corrected chi connectivity index (χ3v) is 6.86. The highest BCUT2D eigenvalue weighted by molar-refractivity contribution is 7.22. The van der Waals surface area contributed by atoms with E-state index in [0.717, 1.165) is 26.9 Å². The SMILES string of the molecule is COc1cc(/C=C/C(=O)N(Cc2cccnc2)c2nc3c(C)c(Cl)ccc3s2)cc(OC)c1OC. The van der Waals surface area contributed by atoms with E-state index in [1.54, 1.807) is 56.8 Å². The Morgan fingerprint density at radius 1 is 1.11 bits per heavy atom. The smallest absolute Gasteiger partial charge is 0.253 e. The van der Waals surface area contributed by atoms with Gasteiger partial charge in [-0.05, 0) is 60.0 Å². The summed E-state index contributed by atoms with van der Waals surface area (Å²) in [5.41, 5.74) is 3.28. The number of carbonyl (C=O) groups is 1. The van der Waals surface area contributed by atoms with Crippen LogP contribution in [0.2, 0.25) is 5.02 Å². The number of pyridine rings is 1. The Hall–Kier alpha value is -3.62. The Morgan fingerprint density at radius 2 is 1.86 bits per heavy atom. The van der Waals surface area contributed by atoms with Crippen LogP contribution in [0.5, 0.6) is 17.2 Å². The minimum Gasteiger partial charge on any atom is -0.493 e. The molecule has 4 rings (SSSR count). The molecule has 7 nitrogen and oxygen atoms in total. The molecule has 35 heavy (non-hydrogen) atoms. The number of fused-ring (bicyclic) bond motifs is 1. The van der Waals surface area contributed by atoms with Crippen molar-refractivity contribution < 1.29 is 19.0 Å². The molecule has 0 bridgehead atoms. The van der Waals surface area contributed by atoms with Gasteiger partial charge in [-0.3, -0.25) is 14.7 Å². The maximum absolute atomic E-state index is 13.5. The summed E-state index contributed by atoms with van der Waals surface area (Å²) >= 11 is 7.73. The van der Waals surface area contributed by atoms with Crippen LogP contribution in [-0.4, -0.2) is 37.2 Å². The number of hydrogen-bond donors (Lipinski definition) is 0. The van der Waals surface area contributed by atoms with Crippen LogP contribution in [0, 0.1) is 6.92 Å². The summed E-state index contributed by atoms with van der Waals surface area (Å²) in [5.74, 6) is 1.26. The van der Waals surface area contributed by atoms with E-state index in [1.807, 2.05) is 31.2 Å². The number of methoxy groups -OCH3 is 3. The van der Waals surface area contributed by atoms with Gasteiger partial charge in [0.05, 0.1) is 38.1 Å². The van der Waals surface area contributed by atoms with Gasteiger partial charge in [0.15, 0.2) is 16.6 Å². The van der Waals surface area contributed by atoms with Crippen molar-refractivity contribution in [1.82, 2.24) is 9.97 Å². The molecule has 0 aliphatic carbocycles. The molecule has 0 saturated carbocycles. The summed E-state index contributed by atoms with van der Waals surface area (Å²) in [7, 11) is 4.64. The number of aryl methyl sites for hydroxylation is 1. The Kier molecular flexibility index (Phi) is 7.53. The Morgan fingerprint density at radius 3 is 2.49 bits per heavy atom. The van der Waals surface area contributed by atoms with Gasteiger partial charge in [-0.2, -0.15) is 0 Å². The highest BCUT2D eigenvalue weighted by Crippen LogP contribution is 2.39. The van der Waals surface area contributed by atoms with Crippen LogP contribution in [-0.2, 0) is 11.3 Å². The predicted molar refractivity (Wildman–Crippen MR) is 140 cm³/mol. The monoisotopic (exact) mass is 509 g/mol. The Bertz CT molecular complexity index is 1360. The topological polar surface area (TPSA) is 73.8 Å². The van der Waals surface area contributed by atoms with E-state index in [0.29, 0.717) is 33.9 Å². The van der Waals surface area contributed by atoms with E-state index >= 15 is 0 Å². The Balaban J connectivity index is 1.71. The van der Waals surface area contributed by atoms with Crippen LogP contribution in [0.3, 0.4) is 0 Å². The summed E-state index contributed by atoms with van der Waals surface area (Å²) in [6.45, 7) is 2.24. The lowest BCUT2D eigenvalue weighted by Crippen LogP contribution is -2.28. The number of amides is 1. The normalized spacial score (nSPS) is 11.1. The number of aromatic nitrogens is 2. The van der Waals surface area contributed by atoms with Gasteiger partial charge < -0.3 is 14.2 Å². The van der Waals surface area contributed by atoms with Crippen LogP contribution in [0.15, 0.2) is 54.9 Å². The predicted octanol–water partition coefficient (Wildman–Crippen LogP) is 5.93. The summed E-state index contributed by atoms with van der Waals surface area (Å²) in [4.78, 5) is 24.0. The molecule has 2 heterocycles. The highest BCUT2D eigenvalue weighted by Gasteiger charge is 2.20. The van der Waals surface area contributed by atoms with Crippen molar-refractivity contribution in [3.8, 4) is 17.2 Å². The lowest BCUT2D eigenvalue weighted by Gasteiger charge is -2.18. The fraction of sp³-hybridized carbons (Fsp3) is 0.192. The molecule has 4 aromatic rings. The van der Waals surface area contributed by atoms with E-state index in [2.05, 4.69) is 4.98 Å². The molecule has 0 fully saturated rings. The van der Waals surface area contributed by atoms with E-state index in [1.165, 1.54) is 17.4 Å². The molecule has 0 aliphatic rings. The molecular formula is C26H24ClN3O4S. The first-order chi connectivity index (χ1) is 16.9. The number of rotatable bonds is 8. The largest absolute Gasteiger partial charge is 0.493 e. The molecular weight excluding hydrogens is 486 g/mol. The maximum atomic E-state index is 13.5. The first-order valence-corrected chi connectivity index (χ1v) is 11.9. The number of hydrogen-bond acceptors (Lipinski definition) is 7. The molecule has 1 amide bonds. The lowest BCUT2D eigenvalue weighted by atomic mass is 10.1. The third-order valence-electron chi connectivity index (χ3n) is 5.40. The number of carbonyl (C=O) groups excluding carboxylic acids is 1. The van der Waals surface area contributed by atoms with Crippen LogP contribution < -0.4 is 19.1 Å². The molecule has 0 unspecified atom stereocenters. The molecule has 0 atom stereocenters. The molecule has 0 aliphatic heterocycles. The fourth-order valence-electron chi connectivity index (χ4n) is 3.57. The number of halogens is 1. The van der Waals surface area contributed by atoms with Gasteiger partial charge in [0.2, 0.25) is 5.75 Å². The molecule has 2 aromatic heterocycles. The molecule has 0 spiro atoms. The molecule has 180 valence electrons. The standard InChI is InChI=1S/C26H24ClN3O4S/c1-16-19(27)8-9-22-24(16)29-26(35-22)30(15-18-6-5-11-28-14-18)23(31)10-7-17-12-20(32-2)25(34-4)21(13-17)33-3/h5-14H,15H2,1-4H3/b10-7+. The first kappa shape index (κ1) is 24.5. The van der Waals surface area contributed by atoms with Gasteiger partial charge in [0.25, 0.3) is 5.91 Å². The fourth-order valence-corrected chi connectivity index (χ4v) is 4.76. The van der Waals surface area contributed by atoms with E-state index < -0.39 is 0 Å². The van der Waals surface area contributed by atoms with Crippen molar-refractivity contribution in [2.75, 3.05) is 26.2 Å². The van der Waals surface area contributed by atoms with Crippen molar-refractivity contribution in [1.29, 1.82) is 0 Å². The van der Waals surface area contributed by atoms with Gasteiger partial charge in [-0.1, -0.05) is 29.0 Å². The lowest BCUT2D eigenvalue weighted by molar-refractivity contribution is -0.114. The molecule has 2 aromatic carbocycles. The molecule has 0 radical (unpaired) electrons. The second kappa shape index (κ2) is 10.8. The van der Waals surface area contributed by atoms with Gasteiger partial charge in [-0.15, -0.1) is 0 Å². The van der Waals surface area contributed by atoms with E-state index in [-0.39, 0.29) is 5.91 Å². The number of thiazole rings is 1. The van der Waals surface area contributed by atoms with Crippen molar-refractivity contribution >= 4 is 50.3 Å². The van der Waals surface area contributed by atoms with Crippen LogP contribution >= 0.6 is 22.9 Å². The number of benzene rings is 2. The maximum Gasteiger partial charge on any atom is 0.253 e. The second-order valence-electron chi connectivity index (χ2n) is 7.59. The van der Waals surface area contributed by atoms with Crippen LogP contribution in [0.1, 0.15) is 16.7 Å². The van der Waals surface area contributed by atoms with Gasteiger partial charge in [-0.25, -0.2) is 4.98 Å². The summed E-state index contributed by atoms with van der Waals surface area (Å²) < 4.78 is 17.2. The summed E-state index contributed by atoms with van der Waals surface area (Å²) in [5, 5.41) is 1.22. The van der Waals surface area contributed by atoms with Crippen LogP contribution in [0.4, 0.5) is 5.13 Å². The van der Waals surface area contributed by atoms with Gasteiger partial charge in [0, 0.05) is 23.5 Å². The minimum atomic E-state index is -0.231. The van der Waals surface area contributed by atoms with Crippen molar-refractivity contribution in [2.45, 2.75) is 13.5 Å². The average Bonchev–Trinajstić information content (AvgIpc) is 3.32. The molecule has 0 saturated heterocycles. The minimum absolute atomic E-state index is 0.231. The third kappa shape index (κ3) is 5.23. The summed E-state index contributed by atoms with van der Waals surface area (Å²) in [6, 6.07) is 11.1. The van der Waals surface area contributed by atoms with E-state index in [4.69, 9.17) is 30.8 Å². The number of ether oxygens (including phenoxy) is 3. The van der Waals surface area contributed by atoms with E-state index in [9.17, 15) is 4.79 Å². The number of nitrogens with zero attached hydrogens (tertiary/aromatic N) is 3. The van der Waals surface area contributed by atoms with Crippen molar-refractivity contribution in [3.05, 3.63) is 76.6 Å². The van der Waals surface area contributed by atoms with Crippen molar-refractivity contribution in [3.63, 3.8) is 0 Å². The average molecular weight is 510 g/mol. The van der Waals surface area contributed by atoms with Gasteiger partial charge >= 0.3 is 0 Å². The Labute approximate surface area is 212 Å². The zero-order valence-electron chi connectivity index (χ0n) is 19.7. The zero-order valence-corrected chi connectivity index (χ0v) is 21.3. The summed E-state index contributed by atoms with van der Waals surface area (Å²) in [6.07, 6.45) is 6.64.